The summed E-state index contributed by atoms with van der Waals surface area (Å²) < 4.78 is 37.6. The summed E-state index contributed by atoms with van der Waals surface area (Å²) in [5.41, 5.74) is 1.75. The molecule has 0 radical (unpaired) electrons. The van der Waals surface area contributed by atoms with E-state index in [4.69, 9.17) is 9.47 Å². The molecule has 0 bridgehead atoms. The van der Waals surface area contributed by atoms with Crippen molar-refractivity contribution in [2.45, 2.75) is 25.3 Å². The van der Waals surface area contributed by atoms with Crippen LogP contribution in [0.3, 0.4) is 0 Å². The normalized spacial score (nSPS) is 11.5. The second-order valence-corrected chi connectivity index (χ2v) is 7.51. The number of hydrogen-bond donors (Lipinski definition) is 0. The maximum Gasteiger partial charge on any atom is 0.246 e. The smallest absolute Gasteiger partial charge is 0.246 e. The molecule has 0 aliphatic carbocycles. The van der Waals surface area contributed by atoms with Gasteiger partial charge in [0.2, 0.25) is 10.0 Å². The molecule has 0 atom stereocenters. The van der Waals surface area contributed by atoms with Gasteiger partial charge in [0, 0.05) is 13.6 Å². The molecule has 0 aromatic heterocycles. The highest BCUT2D eigenvalue weighted by Crippen LogP contribution is 2.28. The van der Waals surface area contributed by atoms with Crippen LogP contribution in [0, 0.1) is 6.92 Å². The Bertz CT molecular complexity index is 785. The predicted molar refractivity (Wildman–Crippen MR) is 94.0 cm³/mol. The Hall–Kier alpha value is -2.05. The summed E-state index contributed by atoms with van der Waals surface area (Å²) in [6, 6.07) is 12.5. The van der Waals surface area contributed by atoms with E-state index in [9.17, 15) is 8.42 Å². The molecular formula is C18H23NO4S. The lowest BCUT2D eigenvalue weighted by atomic mass is 10.2. The van der Waals surface area contributed by atoms with E-state index in [0.717, 1.165) is 16.9 Å². The molecule has 24 heavy (non-hydrogen) atoms. The van der Waals surface area contributed by atoms with Gasteiger partial charge in [-0.15, -0.1) is 0 Å². The number of aryl methyl sites for hydroxylation is 1. The van der Waals surface area contributed by atoms with E-state index in [2.05, 4.69) is 0 Å². The number of sulfonamides is 1. The summed E-state index contributed by atoms with van der Waals surface area (Å²) >= 11 is 0. The highest BCUT2D eigenvalue weighted by Gasteiger charge is 2.25. The van der Waals surface area contributed by atoms with Crippen LogP contribution < -0.4 is 9.47 Å². The average molecular weight is 349 g/mol. The van der Waals surface area contributed by atoms with Crippen molar-refractivity contribution in [3.05, 3.63) is 53.6 Å². The Labute approximate surface area is 143 Å². The first kappa shape index (κ1) is 18.3. The van der Waals surface area contributed by atoms with Crippen LogP contribution in [0.5, 0.6) is 11.5 Å². The number of benzene rings is 2. The molecule has 6 heteroatoms. The lowest BCUT2D eigenvalue weighted by Gasteiger charge is -2.19. The zero-order chi connectivity index (χ0) is 17.7. The van der Waals surface area contributed by atoms with Gasteiger partial charge in [0.05, 0.1) is 13.7 Å². The van der Waals surface area contributed by atoms with Gasteiger partial charge >= 0.3 is 0 Å². The van der Waals surface area contributed by atoms with Gasteiger partial charge in [-0.2, -0.15) is 4.31 Å². The molecule has 2 aromatic rings. The summed E-state index contributed by atoms with van der Waals surface area (Å²) in [5, 5.41) is 0. The van der Waals surface area contributed by atoms with E-state index in [0.29, 0.717) is 12.4 Å². The van der Waals surface area contributed by atoms with Crippen LogP contribution in [0.15, 0.2) is 47.4 Å². The van der Waals surface area contributed by atoms with Crippen LogP contribution in [-0.4, -0.2) is 33.5 Å². The van der Waals surface area contributed by atoms with E-state index in [1.807, 2.05) is 44.2 Å². The maximum atomic E-state index is 12.9. The quantitative estimate of drug-likeness (QED) is 0.770. The van der Waals surface area contributed by atoms with Crippen LogP contribution in [-0.2, 0) is 16.6 Å². The van der Waals surface area contributed by atoms with Crippen molar-refractivity contribution in [2.75, 3.05) is 20.8 Å². The number of nitrogens with zero attached hydrogens (tertiary/aromatic N) is 1. The highest BCUT2D eigenvalue weighted by atomic mass is 32.2. The van der Waals surface area contributed by atoms with E-state index in [1.54, 1.807) is 19.2 Å². The summed E-state index contributed by atoms with van der Waals surface area (Å²) in [6.45, 7) is 4.64. The molecule has 0 unspecified atom stereocenters. The van der Waals surface area contributed by atoms with Gasteiger partial charge in [0.15, 0.2) is 0 Å². The van der Waals surface area contributed by atoms with E-state index < -0.39 is 10.0 Å². The van der Waals surface area contributed by atoms with Gasteiger partial charge in [-0.25, -0.2) is 8.42 Å². The largest absolute Gasteiger partial charge is 0.495 e. The molecule has 130 valence electrons. The Morgan fingerprint density at radius 3 is 2.33 bits per heavy atom. The zero-order valence-electron chi connectivity index (χ0n) is 14.4. The van der Waals surface area contributed by atoms with Gasteiger partial charge in [-0.05, 0) is 49.2 Å². The second-order valence-electron chi connectivity index (χ2n) is 5.49. The van der Waals surface area contributed by atoms with E-state index in [1.165, 1.54) is 11.4 Å². The Morgan fingerprint density at radius 1 is 1.08 bits per heavy atom. The number of rotatable bonds is 7. The molecule has 0 N–H and O–H groups in total. The summed E-state index contributed by atoms with van der Waals surface area (Å²) in [4.78, 5) is 0.179. The van der Waals surface area contributed by atoms with Crippen LogP contribution in [0.2, 0.25) is 0 Å². The van der Waals surface area contributed by atoms with Gasteiger partial charge < -0.3 is 9.47 Å². The first-order chi connectivity index (χ1) is 11.4. The van der Waals surface area contributed by atoms with Crippen molar-refractivity contribution >= 4 is 10.0 Å². The maximum absolute atomic E-state index is 12.9. The third-order valence-corrected chi connectivity index (χ3v) is 5.47. The first-order valence-corrected chi connectivity index (χ1v) is 9.15. The van der Waals surface area contributed by atoms with Crippen molar-refractivity contribution in [2.24, 2.45) is 0 Å². The fraction of sp³-hybridized carbons (Fsp3) is 0.333. The van der Waals surface area contributed by atoms with Crippen molar-refractivity contribution < 1.29 is 17.9 Å². The Balaban J connectivity index is 2.24. The molecule has 0 saturated heterocycles. The molecule has 0 aliphatic heterocycles. The molecule has 2 rings (SSSR count). The standard InChI is InChI=1S/C18H23NO4S/c1-5-23-16-9-7-15(8-10-16)13-19(3)24(20,21)18-12-14(2)6-11-17(18)22-4/h6-12H,5,13H2,1-4H3. The van der Waals surface area contributed by atoms with Crippen LogP contribution in [0.1, 0.15) is 18.1 Å². The third-order valence-electron chi connectivity index (χ3n) is 3.65. The highest BCUT2D eigenvalue weighted by molar-refractivity contribution is 7.89. The molecule has 0 spiro atoms. The molecular weight excluding hydrogens is 326 g/mol. The minimum absolute atomic E-state index is 0.179. The second kappa shape index (κ2) is 7.68. The van der Waals surface area contributed by atoms with Gasteiger partial charge in [-0.1, -0.05) is 18.2 Å². The minimum atomic E-state index is -3.65. The first-order valence-electron chi connectivity index (χ1n) is 7.71. The molecule has 0 saturated carbocycles. The van der Waals surface area contributed by atoms with Crippen LogP contribution in [0.25, 0.3) is 0 Å². The van der Waals surface area contributed by atoms with Crippen molar-refractivity contribution in [3.8, 4) is 11.5 Å². The average Bonchev–Trinajstić information content (AvgIpc) is 2.56. The van der Waals surface area contributed by atoms with Crippen molar-refractivity contribution in [1.82, 2.24) is 4.31 Å². The molecule has 0 heterocycles. The van der Waals surface area contributed by atoms with Gasteiger partial charge in [-0.3, -0.25) is 0 Å². The number of methoxy groups -OCH3 is 1. The molecule has 0 fully saturated rings. The van der Waals surface area contributed by atoms with Crippen molar-refractivity contribution in [3.63, 3.8) is 0 Å². The topological polar surface area (TPSA) is 55.8 Å². The predicted octanol–water partition coefficient (Wildman–Crippen LogP) is 3.22. The molecule has 5 nitrogen and oxygen atoms in total. The SMILES string of the molecule is CCOc1ccc(CN(C)S(=O)(=O)c2cc(C)ccc2OC)cc1. The zero-order valence-corrected chi connectivity index (χ0v) is 15.3. The Morgan fingerprint density at radius 2 is 1.75 bits per heavy atom. The minimum Gasteiger partial charge on any atom is -0.495 e. The van der Waals surface area contributed by atoms with E-state index >= 15 is 0 Å². The van der Waals surface area contributed by atoms with Crippen molar-refractivity contribution in [1.29, 1.82) is 0 Å². The summed E-state index contributed by atoms with van der Waals surface area (Å²) in [5.74, 6) is 1.12. The fourth-order valence-corrected chi connectivity index (χ4v) is 3.75. The van der Waals surface area contributed by atoms with Gasteiger partial charge in [0.25, 0.3) is 0 Å². The molecule has 2 aromatic carbocycles. The fourth-order valence-electron chi connectivity index (χ4n) is 2.35. The summed E-state index contributed by atoms with van der Waals surface area (Å²) in [6.07, 6.45) is 0. The third kappa shape index (κ3) is 4.07. The van der Waals surface area contributed by atoms with E-state index in [-0.39, 0.29) is 11.4 Å². The lowest BCUT2D eigenvalue weighted by molar-refractivity contribution is 0.340. The van der Waals surface area contributed by atoms with Crippen LogP contribution in [0.4, 0.5) is 0 Å². The molecule has 0 amide bonds. The summed E-state index contributed by atoms with van der Waals surface area (Å²) in [7, 11) is -0.614. The van der Waals surface area contributed by atoms with Gasteiger partial charge in [0.1, 0.15) is 16.4 Å². The lowest BCUT2D eigenvalue weighted by Crippen LogP contribution is -2.27. The number of ether oxygens (including phenoxy) is 2. The molecule has 0 aliphatic rings. The Kier molecular flexibility index (Phi) is 5.85. The monoisotopic (exact) mass is 349 g/mol. The van der Waals surface area contributed by atoms with Crippen LogP contribution >= 0.6 is 0 Å². The number of hydrogen-bond acceptors (Lipinski definition) is 4.